The minimum atomic E-state index is -4.68. The molecule has 0 rings (SSSR count). The molecular weight excluding hydrogens is 808 g/mol. The molecular formula is C50H75O11P. The topological polar surface area (TPSA) is 169 Å². The highest BCUT2D eigenvalue weighted by molar-refractivity contribution is 7.47. The molecule has 0 fully saturated rings. The molecule has 11 nitrogen and oxygen atoms in total. The van der Waals surface area contributed by atoms with E-state index in [4.69, 9.17) is 19.1 Å². The summed E-state index contributed by atoms with van der Waals surface area (Å²) in [4.78, 5) is 35.0. The number of phosphoric acid groups is 1. The van der Waals surface area contributed by atoms with Crippen molar-refractivity contribution in [1.82, 2.24) is 0 Å². The summed E-state index contributed by atoms with van der Waals surface area (Å²) in [6, 6.07) is 0. The maximum atomic E-state index is 12.6. The van der Waals surface area contributed by atoms with Crippen molar-refractivity contribution >= 4 is 19.8 Å². The summed E-state index contributed by atoms with van der Waals surface area (Å²) in [5.74, 6) is -1.17. The largest absolute Gasteiger partial charge is 0.472 e. The molecule has 0 bridgehead atoms. The zero-order valence-electron chi connectivity index (χ0n) is 37.1. The fraction of sp³-hybridized carbons (Fsp3) is 0.480. The smallest absolute Gasteiger partial charge is 0.462 e. The summed E-state index contributed by atoms with van der Waals surface area (Å²) in [6.07, 6.45) is 55.8. The molecule has 62 heavy (non-hydrogen) atoms. The van der Waals surface area contributed by atoms with Crippen molar-refractivity contribution in [2.24, 2.45) is 0 Å². The van der Waals surface area contributed by atoms with Gasteiger partial charge in [-0.05, 0) is 83.5 Å². The maximum absolute atomic E-state index is 12.6. The first-order chi connectivity index (χ1) is 30.1. The third-order valence-electron chi connectivity index (χ3n) is 8.10. The molecule has 346 valence electrons. The number of esters is 2. The van der Waals surface area contributed by atoms with E-state index in [2.05, 4.69) is 91.3 Å². The van der Waals surface area contributed by atoms with Crippen LogP contribution in [-0.4, -0.2) is 76.9 Å². The van der Waals surface area contributed by atoms with Gasteiger partial charge in [-0.15, -0.1) is 0 Å². The molecule has 4 atom stereocenters. The van der Waals surface area contributed by atoms with Gasteiger partial charge in [-0.1, -0.05) is 160 Å². The normalized spacial score (nSPS) is 15.6. The summed E-state index contributed by atoms with van der Waals surface area (Å²) in [7, 11) is -4.68. The lowest BCUT2D eigenvalue weighted by molar-refractivity contribution is -0.161. The van der Waals surface area contributed by atoms with E-state index in [9.17, 15) is 29.3 Å². The average Bonchev–Trinajstić information content (AvgIpc) is 3.26. The number of carbonyl (C=O) groups excluding carboxylic acids is 2. The second-order valence-electron chi connectivity index (χ2n) is 13.8. The Kier molecular flexibility index (Phi) is 40.5. The Hall–Kier alpha value is -4.19. The van der Waals surface area contributed by atoms with Gasteiger partial charge >= 0.3 is 19.8 Å². The lowest BCUT2D eigenvalue weighted by atomic mass is 10.2. The number of ether oxygens (including phenoxy) is 2. The number of carbonyl (C=O) groups is 2. The summed E-state index contributed by atoms with van der Waals surface area (Å²) >= 11 is 0. The molecule has 2 unspecified atom stereocenters. The van der Waals surface area contributed by atoms with E-state index in [0.717, 1.165) is 57.8 Å². The SMILES string of the molecule is CC/C=C\C/C=C\C/C=C\C/C=C\C/C=C\C/C=C\CCC(=O)OC[C@H](COP(=O)(O)OC[C@@H](O)CO)OC(=O)CC/C=C\C/C=C\C/C=C\C=C\C(O)C/C=C\C/C=C\CC. The highest BCUT2D eigenvalue weighted by Crippen LogP contribution is 2.43. The van der Waals surface area contributed by atoms with Crippen LogP contribution < -0.4 is 0 Å². The Balaban J connectivity index is 4.63. The Labute approximate surface area is 372 Å². The highest BCUT2D eigenvalue weighted by Gasteiger charge is 2.27. The molecule has 0 aromatic carbocycles. The van der Waals surface area contributed by atoms with Gasteiger partial charge < -0.3 is 29.7 Å². The molecule has 0 aromatic heterocycles. The van der Waals surface area contributed by atoms with Crippen LogP contribution in [0.3, 0.4) is 0 Å². The van der Waals surface area contributed by atoms with Crippen LogP contribution in [0.2, 0.25) is 0 Å². The summed E-state index contributed by atoms with van der Waals surface area (Å²) in [5, 5.41) is 28.3. The number of aliphatic hydroxyl groups is 3. The van der Waals surface area contributed by atoms with Gasteiger partial charge in [0.05, 0.1) is 25.9 Å². The summed E-state index contributed by atoms with van der Waals surface area (Å²) in [5.41, 5.74) is 0. The molecule has 0 aliphatic rings. The fourth-order valence-electron chi connectivity index (χ4n) is 4.77. The molecule has 0 spiro atoms. The Morgan fingerprint density at radius 2 is 0.952 bits per heavy atom. The lowest BCUT2D eigenvalue weighted by Gasteiger charge is -2.20. The van der Waals surface area contributed by atoms with Crippen molar-refractivity contribution in [2.75, 3.05) is 26.4 Å². The lowest BCUT2D eigenvalue weighted by Crippen LogP contribution is -2.29. The molecule has 12 heteroatoms. The van der Waals surface area contributed by atoms with Crippen LogP contribution in [0.25, 0.3) is 0 Å². The van der Waals surface area contributed by atoms with Crippen molar-refractivity contribution in [3.8, 4) is 0 Å². The highest BCUT2D eigenvalue weighted by atomic mass is 31.2. The molecule has 0 aromatic rings. The average molecular weight is 883 g/mol. The van der Waals surface area contributed by atoms with Crippen molar-refractivity contribution < 1.29 is 52.9 Å². The number of phosphoric ester groups is 1. The molecule has 0 saturated carbocycles. The minimum absolute atomic E-state index is 0.00986. The van der Waals surface area contributed by atoms with Gasteiger partial charge in [-0.2, -0.15) is 0 Å². The van der Waals surface area contributed by atoms with Gasteiger partial charge in [0.15, 0.2) is 6.10 Å². The van der Waals surface area contributed by atoms with Crippen molar-refractivity contribution in [1.29, 1.82) is 0 Å². The van der Waals surface area contributed by atoms with Crippen LogP contribution in [0.1, 0.15) is 110 Å². The van der Waals surface area contributed by atoms with E-state index in [1.165, 1.54) is 0 Å². The van der Waals surface area contributed by atoms with E-state index in [-0.39, 0.29) is 12.8 Å². The fourth-order valence-corrected chi connectivity index (χ4v) is 5.56. The van der Waals surface area contributed by atoms with Gasteiger partial charge in [-0.3, -0.25) is 18.6 Å². The number of allylic oxidation sites excluding steroid dienone is 22. The van der Waals surface area contributed by atoms with Crippen LogP contribution >= 0.6 is 7.82 Å². The van der Waals surface area contributed by atoms with Gasteiger partial charge in [0, 0.05) is 12.8 Å². The minimum Gasteiger partial charge on any atom is -0.462 e. The summed E-state index contributed by atoms with van der Waals surface area (Å²) < 4.78 is 32.5. The number of rotatable bonds is 38. The maximum Gasteiger partial charge on any atom is 0.472 e. The van der Waals surface area contributed by atoms with Crippen molar-refractivity contribution in [3.05, 3.63) is 146 Å². The van der Waals surface area contributed by atoms with Crippen LogP contribution in [0.15, 0.2) is 146 Å². The van der Waals surface area contributed by atoms with E-state index in [1.54, 1.807) is 6.08 Å². The zero-order valence-corrected chi connectivity index (χ0v) is 38.0. The Morgan fingerprint density at radius 3 is 1.44 bits per heavy atom. The van der Waals surface area contributed by atoms with Gasteiger partial charge in [0.1, 0.15) is 12.7 Å². The number of hydrogen-bond acceptors (Lipinski definition) is 10. The van der Waals surface area contributed by atoms with Gasteiger partial charge in [0.25, 0.3) is 0 Å². The van der Waals surface area contributed by atoms with Crippen molar-refractivity contribution in [2.45, 2.75) is 128 Å². The Morgan fingerprint density at radius 1 is 0.532 bits per heavy atom. The number of aliphatic hydroxyl groups excluding tert-OH is 3. The van der Waals surface area contributed by atoms with Crippen LogP contribution in [0, 0.1) is 0 Å². The van der Waals surface area contributed by atoms with Crippen LogP contribution in [-0.2, 0) is 32.7 Å². The third kappa shape index (κ3) is 42.5. The Bertz CT molecular complexity index is 1540. The molecule has 0 amide bonds. The summed E-state index contributed by atoms with van der Waals surface area (Å²) in [6.45, 7) is 1.86. The first-order valence-electron chi connectivity index (χ1n) is 21.9. The van der Waals surface area contributed by atoms with Crippen molar-refractivity contribution in [3.63, 3.8) is 0 Å². The predicted octanol–water partition coefficient (Wildman–Crippen LogP) is 10.9. The zero-order chi connectivity index (χ0) is 45.6. The quantitative estimate of drug-likeness (QED) is 0.0201. The monoisotopic (exact) mass is 883 g/mol. The second kappa shape index (κ2) is 43.5. The van der Waals surface area contributed by atoms with Gasteiger partial charge in [0.2, 0.25) is 0 Å². The molecule has 0 radical (unpaired) electrons. The molecule has 0 aliphatic carbocycles. The number of hydrogen-bond donors (Lipinski definition) is 4. The van der Waals surface area contributed by atoms with Crippen LogP contribution in [0.5, 0.6) is 0 Å². The standard InChI is InChI=1S/C50H75O11P/c1-3-5-7-9-11-12-13-14-15-16-17-18-19-20-21-25-28-32-36-40-49(54)58-44-48(45-60-62(56,57)59-43-47(53)42-51)61-50(55)41-37-33-29-26-23-22-24-27-31-35-39-46(52)38-34-30-10-8-6-4-2/h5-8,11-12,14-15,17-18,20-23,27-35,39,46-48,51-53H,3-4,9-10,13,16,19,24-26,36-38,40-45H2,1-2H3,(H,56,57)/b7-5-,8-6-,12-11-,15-14-,18-17-,21-20-,23-22-,31-27-,32-28-,33-29-,34-30-,39-35+/t46?,47-,48+/m0/s1. The predicted molar refractivity (Wildman–Crippen MR) is 252 cm³/mol. The first kappa shape index (κ1) is 57.8. The molecule has 0 heterocycles. The van der Waals surface area contributed by atoms with E-state index >= 15 is 0 Å². The second-order valence-corrected chi connectivity index (χ2v) is 15.3. The molecule has 0 aliphatic heterocycles. The van der Waals surface area contributed by atoms with E-state index in [1.807, 2.05) is 66.8 Å². The molecule has 4 N–H and O–H groups in total. The van der Waals surface area contributed by atoms with E-state index < -0.39 is 64.5 Å². The van der Waals surface area contributed by atoms with Crippen LogP contribution in [0.4, 0.5) is 0 Å². The van der Waals surface area contributed by atoms with Gasteiger partial charge in [-0.25, -0.2) is 4.57 Å². The first-order valence-corrected chi connectivity index (χ1v) is 23.4. The molecule has 0 saturated heterocycles. The van der Waals surface area contributed by atoms with E-state index in [0.29, 0.717) is 25.7 Å². The third-order valence-corrected chi connectivity index (χ3v) is 9.05.